The molecule has 0 unspecified atom stereocenters. The summed E-state index contributed by atoms with van der Waals surface area (Å²) < 4.78 is 18.6. The van der Waals surface area contributed by atoms with Crippen LogP contribution in [0, 0.1) is 5.82 Å². The highest BCUT2D eigenvalue weighted by molar-refractivity contribution is 5.98. The number of benzene rings is 2. The summed E-state index contributed by atoms with van der Waals surface area (Å²) in [6, 6.07) is 15.6. The van der Waals surface area contributed by atoms with E-state index in [1.807, 2.05) is 20.8 Å². The van der Waals surface area contributed by atoms with Crippen LogP contribution in [0.1, 0.15) is 47.1 Å². The molecule has 0 atom stereocenters. The van der Waals surface area contributed by atoms with Gasteiger partial charge in [0.25, 0.3) is 11.8 Å². The Hall–Kier alpha value is -3.74. The maximum absolute atomic E-state index is 13.0. The Morgan fingerprint density at radius 3 is 2.16 bits per heavy atom. The number of ether oxygens (including phenoxy) is 1. The predicted molar refractivity (Wildman–Crippen MR) is 116 cm³/mol. The Morgan fingerprint density at radius 2 is 1.55 bits per heavy atom. The Kier molecular flexibility index (Phi) is 6.65. The van der Waals surface area contributed by atoms with Crippen molar-refractivity contribution >= 4 is 11.8 Å². The van der Waals surface area contributed by atoms with Crippen LogP contribution in [0.3, 0.4) is 0 Å². The summed E-state index contributed by atoms with van der Waals surface area (Å²) in [4.78, 5) is 28.8. The third-order valence-corrected chi connectivity index (χ3v) is 4.19. The molecular formula is C24H24FN3O3. The molecule has 3 aromatic rings. The quantitative estimate of drug-likeness (QED) is 0.615. The lowest BCUT2D eigenvalue weighted by molar-refractivity contribution is 0.0915. The Labute approximate surface area is 180 Å². The summed E-state index contributed by atoms with van der Waals surface area (Å²) in [5.74, 6) is 0.00315. The summed E-state index contributed by atoms with van der Waals surface area (Å²) in [6.07, 6.45) is 1.57. The number of pyridine rings is 1. The second-order valence-electron chi connectivity index (χ2n) is 8.02. The highest BCUT2D eigenvalue weighted by Gasteiger charge is 2.15. The lowest BCUT2D eigenvalue weighted by Crippen LogP contribution is -2.40. The van der Waals surface area contributed by atoms with Gasteiger partial charge in [0.15, 0.2) is 0 Å². The molecule has 2 aromatic carbocycles. The van der Waals surface area contributed by atoms with Crippen LogP contribution in [0.25, 0.3) is 0 Å². The molecule has 1 heterocycles. The molecule has 0 spiro atoms. The Balaban J connectivity index is 1.58. The first-order valence-corrected chi connectivity index (χ1v) is 9.79. The van der Waals surface area contributed by atoms with Crippen LogP contribution in [0.5, 0.6) is 11.6 Å². The second-order valence-corrected chi connectivity index (χ2v) is 8.02. The van der Waals surface area contributed by atoms with E-state index in [4.69, 9.17) is 4.74 Å². The van der Waals surface area contributed by atoms with Crippen molar-refractivity contribution in [1.82, 2.24) is 15.6 Å². The van der Waals surface area contributed by atoms with E-state index in [1.165, 1.54) is 24.3 Å². The zero-order valence-electron chi connectivity index (χ0n) is 17.6. The maximum atomic E-state index is 13.0. The van der Waals surface area contributed by atoms with Crippen molar-refractivity contribution in [3.05, 3.63) is 89.4 Å². The zero-order valence-corrected chi connectivity index (χ0v) is 17.6. The summed E-state index contributed by atoms with van der Waals surface area (Å²) in [6.45, 7) is 5.99. The largest absolute Gasteiger partial charge is 0.439 e. The molecule has 31 heavy (non-hydrogen) atoms. The molecule has 0 aliphatic carbocycles. The lowest BCUT2D eigenvalue weighted by atomic mass is 10.1. The number of nitrogens with one attached hydrogen (secondary N) is 2. The van der Waals surface area contributed by atoms with Crippen LogP contribution in [0.15, 0.2) is 66.9 Å². The van der Waals surface area contributed by atoms with Gasteiger partial charge < -0.3 is 15.4 Å². The predicted octanol–water partition coefficient (Wildman–Crippen LogP) is 4.47. The topological polar surface area (TPSA) is 80.3 Å². The summed E-state index contributed by atoms with van der Waals surface area (Å²) in [5.41, 5.74) is 1.39. The molecule has 160 valence electrons. The van der Waals surface area contributed by atoms with Gasteiger partial charge in [0.05, 0.1) is 0 Å². The molecule has 2 amide bonds. The fourth-order valence-corrected chi connectivity index (χ4v) is 2.71. The molecular weight excluding hydrogens is 397 g/mol. The minimum atomic E-state index is -0.348. The lowest BCUT2D eigenvalue weighted by Gasteiger charge is -2.20. The van der Waals surface area contributed by atoms with Crippen molar-refractivity contribution in [3.8, 4) is 11.6 Å². The molecule has 7 heteroatoms. The van der Waals surface area contributed by atoms with Crippen LogP contribution >= 0.6 is 0 Å². The second kappa shape index (κ2) is 9.38. The summed E-state index contributed by atoms with van der Waals surface area (Å²) in [7, 11) is 0. The van der Waals surface area contributed by atoms with Gasteiger partial charge in [-0.25, -0.2) is 9.37 Å². The van der Waals surface area contributed by atoms with E-state index in [9.17, 15) is 14.0 Å². The summed E-state index contributed by atoms with van der Waals surface area (Å²) in [5, 5.41) is 5.71. The molecule has 6 nitrogen and oxygen atoms in total. The van der Waals surface area contributed by atoms with Gasteiger partial charge in [-0.2, -0.15) is 0 Å². The first kappa shape index (κ1) is 22.0. The molecule has 0 bridgehead atoms. The molecule has 2 N–H and O–H groups in total. The van der Waals surface area contributed by atoms with Crippen molar-refractivity contribution in [1.29, 1.82) is 0 Å². The molecule has 3 rings (SSSR count). The molecule has 0 aliphatic rings. The summed E-state index contributed by atoms with van der Waals surface area (Å²) >= 11 is 0. The highest BCUT2D eigenvalue weighted by atomic mass is 19.1. The van der Waals surface area contributed by atoms with Crippen LogP contribution in [-0.2, 0) is 6.54 Å². The van der Waals surface area contributed by atoms with Gasteiger partial charge in [0, 0.05) is 35.5 Å². The normalized spacial score (nSPS) is 11.0. The number of hydrogen-bond donors (Lipinski definition) is 2. The smallest absolute Gasteiger partial charge is 0.251 e. The van der Waals surface area contributed by atoms with Crippen molar-refractivity contribution in [2.24, 2.45) is 0 Å². The number of halogens is 1. The first-order chi connectivity index (χ1) is 14.7. The number of amides is 2. The minimum absolute atomic E-state index is 0.190. The monoisotopic (exact) mass is 421 g/mol. The van der Waals surface area contributed by atoms with Gasteiger partial charge >= 0.3 is 0 Å². The number of nitrogens with zero attached hydrogens (tertiary/aromatic N) is 1. The molecule has 0 fully saturated rings. The Morgan fingerprint density at radius 1 is 0.935 bits per heavy atom. The van der Waals surface area contributed by atoms with E-state index in [0.717, 1.165) is 5.56 Å². The average molecular weight is 421 g/mol. The number of aromatic nitrogens is 1. The van der Waals surface area contributed by atoms with Gasteiger partial charge in [-0.15, -0.1) is 0 Å². The van der Waals surface area contributed by atoms with E-state index < -0.39 is 0 Å². The number of carbonyl (C=O) groups is 2. The van der Waals surface area contributed by atoms with Crippen LogP contribution in [-0.4, -0.2) is 22.3 Å². The van der Waals surface area contributed by atoms with Crippen molar-refractivity contribution in [2.75, 3.05) is 0 Å². The standard InChI is InChI=1S/C24H24FN3O3/c1-24(2,3)28-23(30)18-6-4-17(5-7-18)22(29)27-15-16-12-13-26-21(14-16)31-20-10-8-19(25)9-11-20/h4-14H,15H2,1-3H3,(H,27,29)(H,28,30). The van der Waals surface area contributed by atoms with Gasteiger partial charge in [-0.1, -0.05) is 0 Å². The fourth-order valence-electron chi connectivity index (χ4n) is 2.71. The van der Waals surface area contributed by atoms with Crippen molar-refractivity contribution < 1.29 is 18.7 Å². The van der Waals surface area contributed by atoms with E-state index >= 15 is 0 Å². The number of carbonyl (C=O) groups excluding carboxylic acids is 2. The molecule has 0 saturated heterocycles. The maximum Gasteiger partial charge on any atom is 0.251 e. The fraction of sp³-hybridized carbons (Fsp3) is 0.208. The van der Waals surface area contributed by atoms with Crippen molar-refractivity contribution in [2.45, 2.75) is 32.9 Å². The first-order valence-electron chi connectivity index (χ1n) is 9.79. The van der Waals surface area contributed by atoms with Crippen molar-refractivity contribution in [3.63, 3.8) is 0 Å². The highest BCUT2D eigenvalue weighted by Crippen LogP contribution is 2.20. The van der Waals surface area contributed by atoms with Gasteiger partial charge in [-0.3, -0.25) is 9.59 Å². The van der Waals surface area contributed by atoms with E-state index in [-0.39, 0.29) is 29.7 Å². The number of hydrogen-bond acceptors (Lipinski definition) is 4. The molecule has 0 saturated carbocycles. The van der Waals surface area contributed by atoms with E-state index in [0.29, 0.717) is 22.8 Å². The third kappa shape index (κ3) is 6.64. The van der Waals surface area contributed by atoms with Gasteiger partial charge in [0.1, 0.15) is 11.6 Å². The third-order valence-electron chi connectivity index (χ3n) is 4.19. The zero-order chi connectivity index (χ0) is 22.4. The Bertz CT molecular complexity index is 1060. The van der Waals surface area contributed by atoms with Gasteiger partial charge in [0.2, 0.25) is 5.88 Å². The SMILES string of the molecule is CC(C)(C)NC(=O)c1ccc(C(=O)NCc2ccnc(Oc3ccc(F)cc3)c2)cc1. The van der Waals surface area contributed by atoms with Crippen LogP contribution < -0.4 is 15.4 Å². The van der Waals surface area contributed by atoms with E-state index in [2.05, 4.69) is 15.6 Å². The number of rotatable bonds is 6. The minimum Gasteiger partial charge on any atom is -0.439 e. The van der Waals surface area contributed by atoms with E-state index in [1.54, 1.807) is 42.6 Å². The molecule has 1 aromatic heterocycles. The van der Waals surface area contributed by atoms with Gasteiger partial charge in [-0.05, 0) is 80.9 Å². The van der Waals surface area contributed by atoms with Crippen LogP contribution in [0.4, 0.5) is 4.39 Å². The average Bonchev–Trinajstić information content (AvgIpc) is 2.73. The molecule has 0 radical (unpaired) electrons. The molecule has 0 aliphatic heterocycles. The van der Waals surface area contributed by atoms with Crippen LogP contribution in [0.2, 0.25) is 0 Å².